The van der Waals surface area contributed by atoms with Gasteiger partial charge >= 0.3 is 0 Å². The number of hydrogen-bond donors (Lipinski definition) is 0. The van der Waals surface area contributed by atoms with Gasteiger partial charge in [0.05, 0.1) is 0 Å². The van der Waals surface area contributed by atoms with Crippen molar-refractivity contribution in [3.05, 3.63) is 24.4 Å². The summed E-state index contributed by atoms with van der Waals surface area (Å²) in [6, 6.07) is 0. The molecule has 1 unspecified atom stereocenters. The van der Waals surface area contributed by atoms with Gasteiger partial charge in [-0.3, -0.25) is 4.99 Å². The number of allylic oxidation sites excluding steroid dienone is 3. The Morgan fingerprint density at radius 1 is 1.55 bits per heavy atom. The van der Waals surface area contributed by atoms with Gasteiger partial charge in [0.1, 0.15) is 0 Å². The van der Waals surface area contributed by atoms with E-state index in [9.17, 15) is 5.26 Å². The number of aliphatic imine (C=N–C) groups is 1. The summed E-state index contributed by atoms with van der Waals surface area (Å²) in [5.74, 6) is 2.99. The van der Waals surface area contributed by atoms with Crippen molar-refractivity contribution in [3.8, 4) is 5.97 Å². The smallest absolute Gasteiger partial charge is 0.273 e. The van der Waals surface area contributed by atoms with E-state index in [0.717, 1.165) is 50.2 Å². The van der Waals surface area contributed by atoms with E-state index in [1.54, 1.807) is 6.08 Å². The van der Waals surface area contributed by atoms with Gasteiger partial charge in [-0.2, -0.15) is 0 Å². The van der Waals surface area contributed by atoms with Gasteiger partial charge in [0.15, 0.2) is 0 Å². The predicted octanol–water partition coefficient (Wildman–Crippen LogP) is 3.58. The molecule has 0 amide bonds. The molecular weight excluding hydrogens is 245 g/mol. The molecule has 1 fully saturated rings. The van der Waals surface area contributed by atoms with Crippen molar-refractivity contribution in [1.29, 1.82) is 5.26 Å². The van der Waals surface area contributed by atoms with Crippen LogP contribution in [0.4, 0.5) is 0 Å². The molecule has 1 atom stereocenters. The molecule has 1 aliphatic heterocycles. The standard InChI is InChI=1S/C16H26BN3/c1-5-14(3)19-15(4)8-7-9-16-12-20(6-2)11-10-17(16)13-18/h5,8,16H,1,6-7,9-12H2,2-4H3/b15-8-,19-14?. The topological polar surface area (TPSA) is 39.4 Å². The van der Waals surface area contributed by atoms with Crippen LogP contribution in [0.2, 0.25) is 12.1 Å². The van der Waals surface area contributed by atoms with Crippen molar-refractivity contribution < 1.29 is 0 Å². The lowest BCUT2D eigenvalue weighted by Crippen LogP contribution is -2.41. The molecule has 1 rings (SSSR count). The van der Waals surface area contributed by atoms with E-state index in [4.69, 9.17) is 0 Å². The van der Waals surface area contributed by atoms with Crippen LogP contribution < -0.4 is 0 Å². The number of nitriles is 1. The van der Waals surface area contributed by atoms with Gasteiger partial charge < -0.3 is 4.90 Å². The third-order valence-electron chi connectivity index (χ3n) is 4.06. The van der Waals surface area contributed by atoms with Crippen molar-refractivity contribution in [2.45, 2.75) is 45.8 Å². The van der Waals surface area contributed by atoms with E-state index < -0.39 is 0 Å². The molecule has 0 N–H and O–H groups in total. The SMILES string of the molecule is C=CC(C)=N/C(C)=C\CCC1CN(CC)CCB1C#N. The zero-order valence-electron chi connectivity index (χ0n) is 13.1. The molecule has 0 aromatic carbocycles. The molecule has 1 saturated heterocycles. The summed E-state index contributed by atoms with van der Waals surface area (Å²) in [5, 5.41) is 9.26. The van der Waals surface area contributed by atoms with Crippen LogP contribution >= 0.6 is 0 Å². The molecule has 0 bridgehead atoms. The second-order valence-electron chi connectivity index (χ2n) is 5.56. The lowest BCUT2D eigenvalue weighted by Gasteiger charge is -2.33. The highest BCUT2D eigenvalue weighted by atomic mass is 15.1. The Balaban J connectivity index is 2.52. The fraction of sp³-hybridized carbons (Fsp3) is 0.625. The minimum atomic E-state index is 0.227. The van der Waals surface area contributed by atoms with E-state index in [-0.39, 0.29) is 6.71 Å². The summed E-state index contributed by atoms with van der Waals surface area (Å²) < 4.78 is 0. The van der Waals surface area contributed by atoms with Crippen LogP contribution in [-0.2, 0) is 0 Å². The first kappa shape index (κ1) is 16.7. The number of hydrogen-bond acceptors (Lipinski definition) is 3. The van der Waals surface area contributed by atoms with Crippen LogP contribution in [-0.4, -0.2) is 37.0 Å². The van der Waals surface area contributed by atoms with Gasteiger partial charge in [-0.25, -0.2) is 5.26 Å². The summed E-state index contributed by atoms with van der Waals surface area (Å²) in [4.78, 5) is 6.89. The maximum absolute atomic E-state index is 9.26. The maximum Gasteiger partial charge on any atom is 0.273 e. The third kappa shape index (κ3) is 5.34. The zero-order valence-corrected chi connectivity index (χ0v) is 13.1. The largest absolute Gasteiger partial charge is 0.305 e. The first-order chi connectivity index (χ1) is 9.60. The maximum atomic E-state index is 9.26. The molecule has 0 aliphatic carbocycles. The number of nitrogens with zero attached hydrogens (tertiary/aromatic N) is 3. The summed E-state index contributed by atoms with van der Waals surface area (Å²) in [6.07, 6.45) is 7.04. The highest BCUT2D eigenvalue weighted by Crippen LogP contribution is 2.26. The van der Waals surface area contributed by atoms with E-state index in [1.807, 2.05) is 13.8 Å². The van der Waals surface area contributed by atoms with Gasteiger partial charge in [0.25, 0.3) is 6.71 Å². The molecule has 3 nitrogen and oxygen atoms in total. The molecule has 1 aliphatic rings. The highest BCUT2D eigenvalue weighted by molar-refractivity contribution is 6.68. The zero-order chi connectivity index (χ0) is 15.0. The first-order valence-electron chi connectivity index (χ1n) is 7.57. The summed E-state index contributed by atoms with van der Waals surface area (Å²) in [6.45, 7) is 13.3. The van der Waals surface area contributed by atoms with Crippen LogP contribution in [0.1, 0.15) is 33.6 Å². The average molecular weight is 271 g/mol. The molecular formula is C16H26BN3. The van der Waals surface area contributed by atoms with Gasteiger partial charge in [0.2, 0.25) is 0 Å². The highest BCUT2D eigenvalue weighted by Gasteiger charge is 2.31. The van der Waals surface area contributed by atoms with Crippen LogP contribution in [0.3, 0.4) is 0 Å². The summed E-state index contributed by atoms with van der Waals surface area (Å²) in [5.41, 5.74) is 1.99. The van der Waals surface area contributed by atoms with Crippen LogP contribution in [0.5, 0.6) is 0 Å². The molecule has 4 heteroatoms. The Kier molecular flexibility index (Phi) is 7.32. The summed E-state index contributed by atoms with van der Waals surface area (Å²) in [7, 11) is 0. The Hall–Kier alpha value is -1.34. The molecule has 20 heavy (non-hydrogen) atoms. The van der Waals surface area contributed by atoms with Gasteiger partial charge in [-0.15, -0.1) is 0 Å². The van der Waals surface area contributed by atoms with E-state index >= 15 is 0 Å². The quantitative estimate of drug-likeness (QED) is 0.547. The second-order valence-corrected chi connectivity index (χ2v) is 5.56. The Morgan fingerprint density at radius 2 is 2.30 bits per heavy atom. The van der Waals surface area contributed by atoms with Gasteiger partial charge in [0, 0.05) is 17.4 Å². The minimum absolute atomic E-state index is 0.227. The third-order valence-corrected chi connectivity index (χ3v) is 4.06. The monoisotopic (exact) mass is 271 g/mol. The van der Waals surface area contributed by atoms with Crippen molar-refractivity contribution >= 4 is 12.4 Å². The molecule has 1 heterocycles. The fourth-order valence-electron chi connectivity index (χ4n) is 2.73. The molecule has 108 valence electrons. The lowest BCUT2D eigenvalue weighted by atomic mass is 9.38. The van der Waals surface area contributed by atoms with Gasteiger partial charge in [-0.1, -0.05) is 26.0 Å². The predicted molar refractivity (Wildman–Crippen MR) is 88.3 cm³/mol. The lowest BCUT2D eigenvalue weighted by molar-refractivity contribution is 0.281. The van der Waals surface area contributed by atoms with E-state index in [2.05, 4.69) is 35.4 Å². The Labute approximate surface area is 124 Å². The van der Waals surface area contributed by atoms with Crippen molar-refractivity contribution in [1.82, 2.24) is 4.90 Å². The molecule has 0 radical (unpaired) electrons. The fourth-order valence-corrected chi connectivity index (χ4v) is 2.73. The average Bonchev–Trinajstić information content (AvgIpc) is 2.46. The first-order valence-corrected chi connectivity index (χ1v) is 7.57. The minimum Gasteiger partial charge on any atom is -0.305 e. The number of rotatable bonds is 6. The van der Waals surface area contributed by atoms with Gasteiger partial charge in [-0.05, 0) is 58.1 Å². The van der Waals surface area contributed by atoms with E-state index in [0.29, 0.717) is 5.82 Å². The van der Waals surface area contributed by atoms with Crippen molar-refractivity contribution in [2.75, 3.05) is 19.6 Å². The van der Waals surface area contributed by atoms with E-state index in [1.165, 1.54) is 0 Å². The van der Waals surface area contributed by atoms with Crippen LogP contribution in [0.15, 0.2) is 29.4 Å². The van der Waals surface area contributed by atoms with Crippen LogP contribution in [0, 0.1) is 11.2 Å². The Morgan fingerprint density at radius 3 is 2.90 bits per heavy atom. The van der Waals surface area contributed by atoms with Crippen molar-refractivity contribution in [2.24, 2.45) is 4.99 Å². The Bertz CT molecular complexity index is 420. The normalized spacial score (nSPS) is 21.7. The van der Waals surface area contributed by atoms with Crippen molar-refractivity contribution in [3.63, 3.8) is 0 Å². The molecule has 0 aromatic heterocycles. The molecule has 0 saturated carbocycles. The summed E-state index contributed by atoms with van der Waals surface area (Å²) >= 11 is 0. The molecule has 0 aromatic rings. The molecule has 0 spiro atoms. The van der Waals surface area contributed by atoms with Crippen LogP contribution in [0.25, 0.3) is 0 Å². The second kappa shape index (κ2) is 8.76.